The molecule has 0 spiro atoms. The Kier molecular flexibility index (Phi) is 6.74. The molecule has 0 radical (unpaired) electrons. The maximum atomic E-state index is 13.1. The van der Waals surface area contributed by atoms with Gasteiger partial charge >= 0.3 is 0 Å². The number of hydrogen-bond acceptors (Lipinski definition) is 6. The lowest BCUT2D eigenvalue weighted by Gasteiger charge is -2.14. The number of aryl methyl sites for hydroxylation is 1. The van der Waals surface area contributed by atoms with Crippen LogP contribution in [0.2, 0.25) is 0 Å². The molecule has 8 heteroatoms. The summed E-state index contributed by atoms with van der Waals surface area (Å²) in [6.07, 6.45) is 3.58. The molecule has 33 heavy (non-hydrogen) atoms. The van der Waals surface area contributed by atoms with Gasteiger partial charge in [-0.1, -0.05) is 31.0 Å². The number of amidine groups is 1. The van der Waals surface area contributed by atoms with E-state index in [0.29, 0.717) is 28.1 Å². The molecule has 1 aliphatic rings. The van der Waals surface area contributed by atoms with Crippen LogP contribution in [0.4, 0.5) is 11.4 Å². The highest BCUT2D eigenvalue weighted by Crippen LogP contribution is 2.35. The Bertz CT molecular complexity index is 1230. The molecule has 1 aliphatic heterocycles. The average molecular weight is 462 g/mol. The molecule has 1 aromatic heterocycles. The molecule has 1 saturated heterocycles. The highest BCUT2D eigenvalue weighted by molar-refractivity contribution is 8.18. The molecule has 0 saturated carbocycles. The molecule has 7 nitrogen and oxygen atoms in total. The topological polar surface area (TPSA) is 89.0 Å². The van der Waals surface area contributed by atoms with Crippen LogP contribution in [0.15, 0.2) is 75.0 Å². The van der Waals surface area contributed by atoms with Gasteiger partial charge in [-0.3, -0.25) is 19.8 Å². The van der Waals surface area contributed by atoms with Crippen LogP contribution in [-0.4, -0.2) is 27.4 Å². The van der Waals surface area contributed by atoms with Crippen LogP contribution in [-0.2, 0) is 4.79 Å². The highest BCUT2D eigenvalue weighted by atomic mass is 32.2. The van der Waals surface area contributed by atoms with Crippen LogP contribution in [0.1, 0.15) is 31.1 Å². The number of rotatable bonds is 7. The van der Waals surface area contributed by atoms with Crippen molar-refractivity contribution in [3.8, 4) is 11.3 Å². The summed E-state index contributed by atoms with van der Waals surface area (Å²) in [6.45, 7) is 4.72. The zero-order valence-corrected chi connectivity index (χ0v) is 19.2. The van der Waals surface area contributed by atoms with Gasteiger partial charge < -0.3 is 4.42 Å². The zero-order valence-electron chi connectivity index (χ0n) is 18.4. The van der Waals surface area contributed by atoms with Crippen LogP contribution < -0.4 is 0 Å². The molecule has 0 bridgehead atoms. The van der Waals surface area contributed by atoms with E-state index < -0.39 is 4.92 Å². The Morgan fingerprint density at radius 2 is 1.82 bits per heavy atom. The van der Waals surface area contributed by atoms with Crippen molar-refractivity contribution in [1.29, 1.82) is 0 Å². The number of non-ortho nitro benzene ring substituents is 1. The molecule has 3 aromatic rings. The van der Waals surface area contributed by atoms with E-state index in [1.807, 2.05) is 31.2 Å². The molecular weight excluding hydrogens is 438 g/mol. The number of hydrogen-bond donors (Lipinski definition) is 0. The van der Waals surface area contributed by atoms with Gasteiger partial charge in [-0.25, -0.2) is 4.99 Å². The standard InChI is InChI=1S/C25H23N3O4S/c1-3-4-15-27-24(29)23(33-25(27)26-19-9-5-17(2)6-10-19)16-21-13-14-22(32-21)18-7-11-20(12-8-18)28(30)31/h5-14,16H,3-4,15H2,1-2H3/b23-16+,26-25?. The Balaban J connectivity index is 1.59. The number of amides is 1. The van der Waals surface area contributed by atoms with E-state index in [4.69, 9.17) is 9.41 Å². The average Bonchev–Trinajstić information content (AvgIpc) is 3.39. The second-order valence-corrected chi connectivity index (χ2v) is 8.67. The summed E-state index contributed by atoms with van der Waals surface area (Å²) in [4.78, 5) is 30.5. The van der Waals surface area contributed by atoms with E-state index in [1.54, 1.807) is 35.2 Å². The number of benzene rings is 2. The molecule has 0 aliphatic carbocycles. The van der Waals surface area contributed by atoms with Gasteiger partial charge in [0, 0.05) is 30.3 Å². The Morgan fingerprint density at radius 3 is 2.48 bits per heavy atom. The van der Waals surface area contributed by atoms with Crippen LogP contribution in [0.5, 0.6) is 0 Å². The molecule has 2 aromatic carbocycles. The van der Waals surface area contributed by atoms with Crippen molar-refractivity contribution in [3.63, 3.8) is 0 Å². The van der Waals surface area contributed by atoms with Gasteiger partial charge in [-0.2, -0.15) is 0 Å². The number of nitro benzene ring substituents is 1. The molecule has 0 N–H and O–H groups in total. The monoisotopic (exact) mass is 461 g/mol. The minimum absolute atomic E-state index is 0.0214. The Morgan fingerprint density at radius 1 is 1.09 bits per heavy atom. The third kappa shape index (κ3) is 5.23. The molecule has 2 heterocycles. The summed E-state index contributed by atoms with van der Waals surface area (Å²) >= 11 is 1.33. The second kappa shape index (κ2) is 9.87. The summed E-state index contributed by atoms with van der Waals surface area (Å²) in [5.41, 5.74) is 2.70. The number of carbonyl (C=O) groups is 1. The number of nitrogens with zero attached hydrogens (tertiary/aromatic N) is 3. The van der Waals surface area contributed by atoms with Crippen molar-refractivity contribution in [2.75, 3.05) is 6.54 Å². The fraction of sp³-hybridized carbons (Fsp3) is 0.200. The molecule has 0 unspecified atom stereocenters. The third-order valence-electron chi connectivity index (χ3n) is 5.14. The summed E-state index contributed by atoms with van der Waals surface area (Å²) in [7, 11) is 0. The van der Waals surface area contributed by atoms with E-state index in [2.05, 4.69) is 6.92 Å². The first kappa shape index (κ1) is 22.5. The number of thioether (sulfide) groups is 1. The molecule has 4 rings (SSSR count). The van der Waals surface area contributed by atoms with E-state index in [0.717, 1.165) is 29.7 Å². The first-order chi connectivity index (χ1) is 15.9. The van der Waals surface area contributed by atoms with Crippen molar-refractivity contribution in [2.24, 2.45) is 4.99 Å². The fourth-order valence-corrected chi connectivity index (χ4v) is 4.30. The van der Waals surface area contributed by atoms with Gasteiger partial charge in [-0.05, 0) is 61.5 Å². The number of carbonyl (C=O) groups excluding carboxylic acids is 1. The number of nitro groups is 1. The first-order valence-electron chi connectivity index (χ1n) is 10.7. The maximum Gasteiger partial charge on any atom is 0.269 e. The number of aliphatic imine (C=N–C) groups is 1. The molecule has 0 atom stereocenters. The normalized spacial score (nSPS) is 16.2. The van der Waals surface area contributed by atoms with Crippen molar-refractivity contribution in [1.82, 2.24) is 4.90 Å². The van der Waals surface area contributed by atoms with Crippen LogP contribution in [0.3, 0.4) is 0 Å². The minimum Gasteiger partial charge on any atom is -0.457 e. The van der Waals surface area contributed by atoms with Gasteiger partial charge in [0.05, 0.1) is 15.5 Å². The van der Waals surface area contributed by atoms with Gasteiger partial charge in [0.15, 0.2) is 5.17 Å². The fourth-order valence-electron chi connectivity index (χ4n) is 3.30. The highest BCUT2D eigenvalue weighted by Gasteiger charge is 2.33. The lowest BCUT2D eigenvalue weighted by Crippen LogP contribution is -2.30. The molecule has 168 valence electrons. The summed E-state index contributed by atoms with van der Waals surface area (Å²) in [5.74, 6) is 1.02. The molecular formula is C25H23N3O4S. The lowest BCUT2D eigenvalue weighted by molar-refractivity contribution is -0.384. The van der Waals surface area contributed by atoms with E-state index in [-0.39, 0.29) is 11.6 Å². The van der Waals surface area contributed by atoms with Crippen LogP contribution in [0.25, 0.3) is 17.4 Å². The quantitative estimate of drug-likeness (QED) is 0.226. The van der Waals surface area contributed by atoms with Crippen LogP contribution in [0, 0.1) is 17.0 Å². The van der Waals surface area contributed by atoms with Crippen molar-refractivity contribution in [3.05, 3.63) is 87.0 Å². The number of unbranched alkanes of at least 4 members (excludes halogenated alkanes) is 1. The molecule has 1 fully saturated rings. The van der Waals surface area contributed by atoms with Gasteiger partial charge in [0.25, 0.3) is 11.6 Å². The van der Waals surface area contributed by atoms with Crippen molar-refractivity contribution < 1.29 is 14.1 Å². The van der Waals surface area contributed by atoms with E-state index in [1.165, 1.54) is 23.9 Å². The van der Waals surface area contributed by atoms with Crippen LogP contribution >= 0.6 is 11.8 Å². The lowest BCUT2D eigenvalue weighted by atomic mass is 10.1. The minimum atomic E-state index is -0.440. The smallest absolute Gasteiger partial charge is 0.269 e. The van der Waals surface area contributed by atoms with Gasteiger partial charge in [0.1, 0.15) is 11.5 Å². The predicted molar refractivity (Wildman–Crippen MR) is 131 cm³/mol. The third-order valence-corrected chi connectivity index (χ3v) is 6.15. The maximum absolute atomic E-state index is 13.1. The largest absolute Gasteiger partial charge is 0.457 e. The van der Waals surface area contributed by atoms with Crippen molar-refractivity contribution in [2.45, 2.75) is 26.7 Å². The Labute approximate surface area is 196 Å². The summed E-state index contributed by atoms with van der Waals surface area (Å²) in [5, 5.41) is 11.5. The zero-order chi connectivity index (χ0) is 23.4. The van der Waals surface area contributed by atoms with Gasteiger partial charge in [0.2, 0.25) is 0 Å². The van der Waals surface area contributed by atoms with E-state index in [9.17, 15) is 14.9 Å². The summed E-state index contributed by atoms with van der Waals surface area (Å²) in [6, 6.07) is 17.6. The Hall–Kier alpha value is -3.65. The number of furan rings is 1. The van der Waals surface area contributed by atoms with E-state index >= 15 is 0 Å². The molecule has 1 amide bonds. The SMILES string of the molecule is CCCCN1C(=O)/C(=C\c2ccc(-c3ccc([N+](=O)[O-])cc3)o2)SC1=Nc1ccc(C)cc1. The second-order valence-electron chi connectivity index (χ2n) is 7.66. The summed E-state index contributed by atoms with van der Waals surface area (Å²) < 4.78 is 5.89. The first-order valence-corrected chi connectivity index (χ1v) is 11.5. The predicted octanol–water partition coefficient (Wildman–Crippen LogP) is 6.57. The van der Waals surface area contributed by atoms with Gasteiger partial charge in [-0.15, -0.1) is 0 Å². The van der Waals surface area contributed by atoms with Crippen molar-refractivity contribution >= 4 is 40.3 Å².